The third-order valence-corrected chi connectivity index (χ3v) is 3.28. The van der Waals surface area contributed by atoms with Crippen LogP contribution in [0.15, 0.2) is 6.33 Å². The standard InChI is InChI=1S/C11H20N6O/c1-9-10(15-12)13-8-14-11(9)17-4-2-16(3-5-17)6-7-18/h8,18H,2-7,12H2,1H3,(H,13,14,15). The van der Waals surface area contributed by atoms with Crippen molar-refractivity contribution in [2.75, 3.05) is 49.7 Å². The van der Waals surface area contributed by atoms with Crippen molar-refractivity contribution >= 4 is 11.6 Å². The fourth-order valence-electron chi connectivity index (χ4n) is 2.23. The lowest BCUT2D eigenvalue weighted by Crippen LogP contribution is -2.47. The van der Waals surface area contributed by atoms with Crippen molar-refractivity contribution in [3.05, 3.63) is 11.9 Å². The SMILES string of the molecule is Cc1c(NN)ncnc1N1CCN(CCO)CC1. The molecule has 1 saturated heterocycles. The number of nitrogens with two attached hydrogens (primary N) is 1. The summed E-state index contributed by atoms with van der Waals surface area (Å²) >= 11 is 0. The summed E-state index contributed by atoms with van der Waals surface area (Å²) in [6, 6.07) is 0. The molecule has 2 rings (SSSR count). The third-order valence-electron chi connectivity index (χ3n) is 3.28. The molecular weight excluding hydrogens is 232 g/mol. The molecule has 7 nitrogen and oxygen atoms in total. The second-order valence-corrected chi connectivity index (χ2v) is 4.37. The van der Waals surface area contributed by atoms with E-state index in [1.807, 2.05) is 6.92 Å². The van der Waals surface area contributed by atoms with Crippen LogP contribution >= 0.6 is 0 Å². The fourth-order valence-corrected chi connectivity index (χ4v) is 2.23. The van der Waals surface area contributed by atoms with Gasteiger partial charge in [0.05, 0.1) is 6.61 Å². The molecule has 4 N–H and O–H groups in total. The molecule has 0 aromatic carbocycles. The Kier molecular flexibility index (Phi) is 4.29. The maximum atomic E-state index is 8.92. The number of hydrazine groups is 1. The smallest absolute Gasteiger partial charge is 0.148 e. The van der Waals surface area contributed by atoms with E-state index in [9.17, 15) is 0 Å². The Morgan fingerprint density at radius 1 is 1.33 bits per heavy atom. The molecule has 1 fully saturated rings. The van der Waals surface area contributed by atoms with Gasteiger partial charge in [0, 0.05) is 38.3 Å². The highest BCUT2D eigenvalue weighted by molar-refractivity contribution is 5.57. The van der Waals surface area contributed by atoms with Crippen LogP contribution in [0, 0.1) is 6.92 Å². The first-order valence-electron chi connectivity index (χ1n) is 6.12. The minimum atomic E-state index is 0.216. The van der Waals surface area contributed by atoms with Gasteiger partial charge in [0.1, 0.15) is 18.0 Å². The van der Waals surface area contributed by atoms with Gasteiger partial charge in [-0.2, -0.15) is 0 Å². The molecule has 1 aromatic heterocycles. The first-order chi connectivity index (χ1) is 8.76. The molecule has 0 spiro atoms. The highest BCUT2D eigenvalue weighted by atomic mass is 16.3. The van der Waals surface area contributed by atoms with E-state index >= 15 is 0 Å². The average Bonchev–Trinajstić information content (AvgIpc) is 2.41. The van der Waals surface area contributed by atoms with Gasteiger partial charge in [0.2, 0.25) is 0 Å². The van der Waals surface area contributed by atoms with Gasteiger partial charge in [-0.05, 0) is 6.92 Å². The third kappa shape index (κ3) is 2.69. The van der Waals surface area contributed by atoms with Gasteiger partial charge in [-0.15, -0.1) is 0 Å². The number of rotatable bonds is 4. The lowest BCUT2D eigenvalue weighted by atomic mass is 10.2. The summed E-state index contributed by atoms with van der Waals surface area (Å²) < 4.78 is 0. The highest BCUT2D eigenvalue weighted by Crippen LogP contribution is 2.22. The number of hydrogen-bond donors (Lipinski definition) is 3. The molecule has 0 aliphatic carbocycles. The van der Waals surface area contributed by atoms with Gasteiger partial charge >= 0.3 is 0 Å². The summed E-state index contributed by atoms with van der Waals surface area (Å²) in [6.45, 7) is 6.61. The predicted octanol–water partition coefficient (Wildman–Crippen LogP) is -0.815. The minimum Gasteiger partial charge on any atom is -0.395 e. The highest BCUT2D eigenvalue weighted by Gasteiger charge is 2.19. The normalized spacial score (nSPS) is 16.9. The van der Waals surface area contributed by atoms with E-state index in [1.54, 1.807) is 0 Å². The molecule has 7 heteroatoms. The molecule has 0 saturated carbocycles. The number of β-amino-alcohol motifs (C(OH)–C–C–N with tert-alkyl or cyclic N) is 1. The lowest BCUT2D eigenvalue weighted by molar-refractivity contribution is 0.188. The zero-order valence-corrected chi connectivity index (χ0v) is 10.6. The van der Waals surface area contributed by atoms with Crippen LogP contribution in [-0.4, -0.2) is 59.3 Å². The van der Waals surface area contributed by atoms with Gasteiger partial charge in [0.25, 0.3) is 0 Å². The molecule has 100 valence electrons. The van der Waals surface area contributed by atoms with Crippen LogP contribution in [0.1, 0.15) is 5.56 Å². The summed E-state index contributed by atoms with van der Waals surface area (Å²) in [5.41, 5.74) is 3.55. The van der Waals surface area contributed by atoms with Gasteiger partial charge in [-0.25, -0.2) is 15.8 Å². The molecule has 18 heavy (non-hydrogen) atoms. The zero-order valence-electron chi connectivity index (χ0n) is 10.6. The Labute approximate surface area is 107 Å². The minimum absolute atomic E-state index is 0.216. The van der Waals surface area contributed by atoms with E-state index in [4.69, 9.17) is 10.9 Å². The molecule has 2 heterocycles. The van der Waals surface area contributed by atoms with Crippen molar-refractivity contribution in [3.63, 3.8) is 0 Å². The van der Waals surface area contributed by atoms with Crippen LogP contribution in [0.4, 0.5) is 11.6 Å². The van der Waals surface area contributed by atoms with E-state index in [2.05, 4.69) is 25.2 Å². The Bertz CT molecular complexity index is 391. The quantitative estimate of drug-likeness (QED) is 0.476. The molecule has 1 aromatic rings. The van der Waals surface area contributed by atoms with Gasteiger partial charge in [-0.3, -0.25) is 4.90 Å². The van der Waals surface area contributed by atoms with E-state index in [0.717, 1.165) is 44.1 Å². The average molecular weight is 252 g/mol. The summed E-state index contributed by atoms with van der Waals surface area (Å²) in [5.74, 6) is 7.01. The number of aliphatic hydroxyl groups is 1. The second kappa shape index (κ2) is 5.94. The maximum absolute atomic E-state index is 8.92. The topological polar surface area (TPSA) is 90.5 Å². The summed E-state index contributed by atoms with van der Waals surface area (Å²) in [6.07, 6.45) is 1.53. The van der Waals surface area contributed by atoms with Crippen molar-refractivity contribution in [2.24, 2.45) is 5.84 Å². The summed E-state index contributed by atoms with van der Waals surface area (Å²) in [4.78, 5) is 12.9. The van der Waals surface area contributed by atoms with Crippen LogP contribution in [0.3, 0.4) is 0 Å². The second-order valence-electron chi connectivity index (χ2n) is 4.37. The van der Waals surface area contributed by atoms with E-state index < -0.39 is 0 Å². The number of hydrogen-bond acceptors (Lipinski definition) is 7. The molecule has 0 unspecified atom stereocenters. The predicted molar refractivity (Wildman–Crippen MR) is 70.3 cm³/mol. The molecule has 0 amide bonds. The number of nitrogen functional groups attached to an aromatic ring is 1. The van der Waals surface area contributed by atoms with Crippen LogP contribution in [0.5, 0.6) is 0 Å². The number of anilines is 2. The first-order valence-corrected chi connectivity index (χ1v) is 6.12. The summed E-state index contributed by atoms with van der Waals surface area (Å²) in [7, 11) is 0. The van der Waals surface area contributed by atoms with Crippen molar-refractivity contribution in [1.29, 1.82) is 0 Å². The van der Waals surface area contributed by atoms with Crippen LogP contribution < -0.4 is 16.2 Å². The molecule has 0 radical (unpaired) electrons. The molecular formula is C11H20N6O. The van der Waals surface area contributed by atoms with Crippen LogP contribution in [0.25, 0.3) is 0 Å². The Morgan fingerprint density at radius 2 is 2.06 bits per heavy atom. The maximum Gasteiger partial charge on any atom is 0.148 e. The first kappa shape index (κ1) is 13.0. The number of aromatic nitrogens is 2. The number of piperazine rings is 1. The lowest BCUT2D eigenvalue weighted by Gasteiger charge is -2.35. The number of nitrogens with zero attached hydrogens (tertiary/aromatic N) is 4. The van der Waals surface area contributed by atoms with Gasteiger partial charge in [-0.1, -0.05) is 0 Å². The Balaban J connectivity index is 2.05. The summed E-state index contributed by atoms with van der Waals surface area (Å²) in [5, 5.41) is 8.92. The molecule has 0 atom stereocenters. The molecule has 1 aliphatic rings. The van der Waals surface area contributed by atoms with E-state index in [0.29, 0.717) is 5.82 Å². The van der Waals surface area contributed by atoms with Crippen LogP contribution in [-0.2, 0) is 0 Å². The molecule has 1 aliphatic heterocycles. The van der Waals surface area contributed by atoms with E-state index in [1.165, 1.54) is 6.33 Å². The Morgan fingerprint density at radius 3 is 2.67 bits per heavy atom. The zero-order chi connectivity index (χ0) is 13.0. The van der Waals surface area contributed by atoms with Gasteiger partial charge < -0.3 is 15.4 Å². The van der Waals surface area contributed by atoms with Crippen molar-refractivity contribution < 1.29 is 5.11 Å². The van der Waals surface area contributed by atoms with E-state index in [-0.39, 0.29) is 6.61 Å². The Hall–Kier alpha value is -1.44. The van der Waals surface area contributed by atoms with Crippen molar-refractivity contribution in [3.8, 4) is 0 Å². The molecule has 0 bridgehead atoms. The van der Waals surface area contributed by atoms with Crippen LogP contribution in [0.2, 0.25) is 0 Å². The largest absolute Gasteiger partial charge is 0.395 e. The van der Waals surface area contributed by atoms with Gasteiger partial charge in [0.15, 0.2) is 0 Å². The number of aliphatic hydroxyl groups excluding tert-OH is 1. The monoisotopic (exact) mass is 252 g/mol. The fraction of sp³-hybridized carbons (Fsp3) is 0.636. The van der Waals surface area contributed by atoms with Crippen molar-refractivity contribution in [1.82, 2.24) is 14.9 Å². The number of nitrogens with one attached hydrogen (secondary N) is 1. The van der Waals surface area contributed by atoms with Crippen molar-refractivity contribution in [2.45, 2.75) is 6.92 Å².